The minimum atomic E-state index is -3.24. The Morgan fingerprint density at radius 2 is 1.96 bits per heavy atom. The summed E-state index contributed by atoms with van der Waals surface area (Å²) in [5.41, 5.74) is 0.779. The average Bonchev–Trinajstić information content (AvgIpc) is 2.97. The van der Waals surface area contributed by atoms with Crippen LogP contribution in [0.25, 0.3) is 0 Å². The summed E-state index contributed by atoms with van der Waals surface area (Å²) < 4.78 is 27.7. The van der Waals surface area contributed by atoms with Gasteiger partial charge in [-0.1, -0.05) is 18.2 Å². The van der Waals surface area contributed by atoms with Crippen molar-refractivity contribution in [2.45, 2.75) is 11.8 Å². The molecule has 1 N–H and O–H groups in total. The fourth-order valence-corrected chi connectivity index (χ4v) is 3.11. The zero-order chi connectivity index (χ0) is 17.3. The van der Waals surface area contributed by atoms with E-state index in [0.717, 1.165) is 11.9 Å². The molecule has 2 amide bonds. The van der Waals surface area contributed by atoms with Crippen molar-refractivity contribution in [1.82, 2.24) is 5.32 Å². The van der Waals surface area contributed by atoms with E-state index < -0.39 is 21.8 Å². The largest absolute Gasteiger partial charge is 0.455 e. The summed E-state index contributed by atoms with van der Waals surface area (Å²) in [4.78, 5) is 25.8. The quantitative estimate of drug-likeness (QED) is 0.812. The van der Waals surface area contributed by atoms with Gasteiger partial charge in [0.25, 0.3) is 11.8 Å². The Kier molecular flexibility index (Phi) is 4.15. The molecule has 126 valence electrons. The zero-order valence-electron chi connectivity index (χ0n) is 12.9. The van der Waals surface area contributed by atoms with Crippen molar-refractivity contribution >= 4 is 27.3 Å². The van der Waals surface area contributed by atoms with Gasteiger partial charge in [-0.3, -0.25) is 9.59 Å². The standard InChI is InChI=1S/C16H16N2O5S/c1-24(21,22)10-12-7-8-14(23-12)15(19)17-13-9-18(16(13)20)11-5-3-2-4-6-11/h2-8,13H,9-10H2,1H3,(H,17,19)/t13-/m1/s1. The number of carbonyl (C=O) groups is 2. The molecule has 1 aromatic heterocycles. The van der Waals surface area contributed by atoms with Crippen LogP contribution in [0.4, 0.5) is 5.69 Å². The number of hydrogen-bond donors (Lipinski definition) is 1. The van der Waals surface area contributed by atoms with Crippen LogP contribution in [-0.2, 0) is 20.4 Å². The lowest BCUT2D eigenvalue weighted by molar-refractivity contribution is -0.124. The highest BCUT2D eigenvalue weighted by Crippen LogP contribution is 2.22. The van der Waals surface area contributed by atoms with Crippen molar-refractivity contribution < 1.29 is 22.4 Å². The number of furan rings is 1. The van der Waals surface area contributed by atoms with Gasteiger partial charge in [-0.15, -0.1) is 0 Å². The molecule has 0 spiro atoms. The molecule has 1 aliphatic heterocycles. The Labute approximate surface area is 139 Å². The number of benzene rings is 1. The lowest BCUT2D eigenvalue weighted by atomic mass is 10.1. The molecular weight excluding hydrogens is 332 g/mol. The van der Waals surface area contributed by atoms with Crippen LogP contribution in [0, 0.1) is 0 Å². The summed E-state index contributed by atoms with van der Waals surface area (Å²) in [6, 6.07) is 11.4. The van der Waals surface area contributed by atoms with Crippen molar-refractivity contribution in [3.05, 3.63) is 54.0 Å². The summed E-state index contributed by atoms with van der Waals surface area (Å²) >= 11 is 0. The fourth-order valence-electron chi connectivity index (χ4n) is 2.44. The summed E-state index contributed by atoms with van der Waals surface area (Å²) in [5.74, 6) is -0.837. The Hall–Kier alpha value is -2.61. The van der Waals surface area contributed by atoms with E-state index in [9.17, 15) is 18.0 Å². The minimum Gasteiger partial charge on any atom is -0.455 e. The molecular formula is C16H16N2O5S. The normalized spacial score (nSPS) is 17.5. The van der Waals surface area contributed by atoms with E-state index in [1.165, 1.54) is 12.1 Å². The van der Waals surface area contributed by atoms with Crippen LogP contribution in [-0.4, -0.2) is 39.1 Å². The number of β-lactam (4-membered cyclic amide) rings is 1. The molecule has 0 saturated carbocycles. The molecule has 0 unspecified atom stereocenters. The summed E-state index contributed by atoms with van der Waals surface area (Å²) in [7, 11) is -3.24. The highest BCUT2D eigenvalue weighted by Gasteiger charge is 2.39. The van der Waals surface area contributed by atoms with E-state index in [1.54, 1.807) is 4.90 Å². The van der Waals surface area contributed by atoms with Gasteiger partial charge in [-0.25, -0.2) is 8.42 Å². The van der Waals surface area contributed by atoms with Crippen molar-refractivity contribution in [1.29, 1.82) is 0 Å². The van der Waals surface area contributed by atoms with Gasteiger partial charge in [0.05, 0.1) is 6.54 Å². The molecule has 0 radical (unpaired) electrons. The van der Waals surface area contributed by atoms with Crippen molar-refractivity contribution in [2.24, 2.45) is 0 Å². The lowest BCUT2D eigenvalue weighted by Crippen LogP contribution is -2.64. The van der Waals surface area contributed by atoms with Gasteiger partial charge >= 0.3 is 0 Å². The first-order chi connectivity index (χ1) is 11.3. The Morgan fingerprint density at radius 1 is 1.25 bits per heavy atom. The second-order valence-corrected chi connectivity index (χ2v) is 7.79. The van der Waals surface area contributed by atoms with E-state index in [-0.39, 0.29) is 23.2 Å². The maximum atomic E-state index is 12.1. The molecule has 0 aliphatic carbocycles. The fraction of sp³-hybridized carbons (Fsp3) is 0.250. The van der Waals surface area contributed by atoms with Crippen molar-refractivity contribution in [3.63, 3.8) is 0 Å². The zero-order valence-corrected chi connectivity index (χ0v) is 13.7. The van der Waals surface area contributed by atoms with Gasteiger partial charge in [0.2, 0.25) is 0 Å². The SMILES string of the molecule is CS(=O)(=O)Cc1ccc(C(=O)N[C@@H]2CN(c3ccccc3)C2=O)o1. The summed E-state index contributed by atoms with van der Waals surface area (Å²) in [6.07, 6.45) is 1.08. The number of anilines is 1. The molecule has 1 saturated heterocycles. The van der Waals surface area contributed by atoms with Gasteiger partial charge in [-0.05, 0) is 24.3 Å². The predicted molar refractivity (Wildman–Crippen MR) is 87.3 cm³/mol. The van der Waals surface area contributed by atoms with Gasteiger partial charge in [0.1, 0.15) is 17.6 Å². The molecule has 2 aromatic rings. The van der Waals surface area contributed by atoms with Crippen LogP contribution in [0.1, 0.15) is 16.3 Å². The maximum absolute atomic E-state index is 12.1. The van der Waals surface area contributed by atoms with Crippen LogP contribution in [0.5, 0.6) is 0 Å². The van der Waals surface area contributed by atoms with Crippen LogP contribution in [0.2, 0.25) is 0 Å². The average molecular weight is 348 g/mol. The third kappa shape index (κ3) is 3.48. The number of nitrogens with one attached hydrogen (secondary N) is 1. The van der Waals surface area contributed by atoms with Crippen molar-refractivity contribution in [3.8, 4) is 0 Å². The molecule has 2 heterocycles. The first kappa shape index (κ1) is 16.3. The van der Waals surface area contributed by atoms with E-state index in [4.69, 9.17) is 4.42 Å². The number of rotatable bonds is 5. The Balaban J connectivity index is 1.60. The Morgan fingerprint density at radius 3 is 2.58 bits per heavy atom. The van der Waals surface area contributed by atoms with Gasteiger partial charge in [0, 0.05) is 11.9 Å². The van der Waals surface area contributed by atoms with E-state index >= 15 is 0 Å². The maximum Gasteiger partial charge on any atom is 0.287 e. The predicted octanol–water partition coefficient (Wildman–Crippen LogP) is 0.969. The molecule has 1 aliphatic rings. The third-order valence-electron chi connectivity index (χ3n) is 3.59. The monoisotopic (exact) mass is 348 g/mol. The van der Waals surface area contributed by atoms with E-state index in [0.29, 0.717) is 6.54 Å². The molecule has 3 rings (SSSR count). The summed E-state index contributed by atoms with van der Waals surface area (Å²) in [6.45, 7) is 0.380. The lowest BCUT2D eigenvalue weighted by Gasteiger charge is -2.38. The number of amides is 2. The van der Waals surface area contributed by atoms with Crippen LogP contribution in [0.15, 0.2) is 46.9 Å². The Bertz CT molecular complexity index is 873. The number of carbonyl (C=O) groups excluding carboxylic acids is 2. The molecule has 7 nitrogen and oxygen atoms in total. The number of hydrogen-bond acceptors (Lipinski definition) is 5. The van der Waals surface area contributed by atoms with Crippen molar-refractivity contribution in [2.75, 3.05) is 17.7 Å². The van der Waals surface area contributed by atoms with Crippen LogP contribution in [0.3, 0.4) is 0 Å². The number of nitrogens with zero attached hydrogens (tertiary/aromatic N) is 1. The first-order valence-electron chi connectivity index (χ1n) is 7.27. The smallest absolute Gasteiger partial charge is 0.287 e. The van der Waals surface area contributed by atoms with Gasteiger partial charge in [-0.2, -0.15) is 0 Å². The van der Waals surface area contributed by atoms with Gasteiger partial charge in [0.15, 0.2) is 15.6 Å². The molecule has 1 fully saturated rings. The topological polar surface area (TPSA) is 96.7 Å². The molecule has 24 heavy (non-hydrogen) atoms. The second kappa shape index (κ2) is 6.12. The molecule has 1 aromatic carbocycles. The van der Waals surface area contributed by atoms with Gasteiger partial charge < -0.3 is 14.6 Å². The third-order valence-corrected chi connectivity index (χ3v) is 4.40. The van der Waals surface area contributed by atoms with Crippen LogP contribution < -0.4 is 10.2 Å². The molecule has 8 heteroatoms. The highest BCUT2D eigenvalue weighted by molar-refractivity contribution is 7.89. The molecule has 0 bridgehead atoms. The second-order valence-electron chi connectivity index (χ2n) is 5.65. The van der Waals surface area contributed by atoms with E-state index in [2.05, 4.69) is 5.32 Å². The van der Waals surface area contributed by atoms with E-state index in [1.807, 2.05) is 30.3 Å². The first-order valence-corrected chi connectivity index (χ1v) is 9.33. The molecule has 1 atom stereocenters. The van der Waals surface area contributed by atoms with Crippen LogP contribution >= 0.6 is 0 Å². The number of sulfone groups is 1. The summed E-state index contributed by atoms with van der Waals surface area (Å²) in [5, 5.41) is 2.58. The minimum absolute atomic E-state index is 0.0142. The number of para-hydroxylation sites is 1. The highest BCUT2D eigenvalue weighted by atomic mass is 32.2.